The van der Waals surface area contributed by atoms with Crippen molar-refractivity contribution in [3.8, 4) is 0 Å². The highest BCUT2D eigenvalue weighted by Crippen LogP contribution is 2.12. The van der Waals surface area contributed by atoms with Crippen LogP contribution in [0.1, 0.15) is 5.56 Å². The maximum atomic E-state index is 13.6. The zero-order valence-electron chi connectivity index (χ0n) is 10.4. The molecular weight excluding hydrogens is 268 g/mol. The average molecular weight is 277 g/mol. The third kappa shape index (κ3) is 1.94. The first kappa shape index (κ1) is 12.4. The summed E-state index contributed by atoms with van der Waals surface area (Å²) in [4.78, 5) is 12.1. The molecule has 3 aromatic rings. The Bertz CT molecular complexity index is 834. The molecule has 0 N–H and O–H groups in total. The highest BCUT2D eigenvalue weighted by atomic mass is 19.1. The van der Waals surface area contributed by atoms with Crippen LogP contribution in [0.25, 0.3) is 11.0 Å². The van der Waals surface area contributed by atoms with Gasteiger partial charge in [-0.15, -0.1) is 5.10 Å². The summed E-state index contributed by atoms with van der Waals surface area (Å²) in [6, 6.07) is 3.51. The maximum Gasteiger partial charge on any atom is 0.281 e. The Labute approximate surface area is 111 Å². The van der Waals surface area contributed by atoms with Gasteiger partial charge in [0.05, 0.1) is 6.54 Å². The SMILES string of the molecule is Cn1cc2c(=O)n(Cc3c(F)cccc3F)nnc2n1. The van der Waals surface area contributed by atoms with E-state index in [2.05, 4.69) is 15.4 Å². The molecule has 0 atom stereocenters. The summed E-state index contributed by atoms with van der Waals surface area (Å²) >= 11 is 0. The van der Waals surface area contributed by atoms with Crippen molar-refractivity contribution in [2.45, 2.75) is 6.54 Å². The van der Waals surface area contributed by atoms with E-state index in [0.29, 0.717) is 0 Å². The van der Waals surface area contributed by atoms with Crippen molar-refractivity contribution >= 4 is 11.0 Å². The molecule has 0 aliphatic carbocycles. The molecule has 0 radical (unpaired) electrons. The number of fused-ring (bicyclic) bond motifs is 1. The van der Waals surface area contributed by atoms with Crippen molar-refractivity contribution in [3.05, 3.63) is 51.9 Å². The van der Waals surface area contributed by atoms with Crippen molar-refractivity contribution in [1.29, 1.82) is 0 Å². The van der Waals surface area contributed by atoms with Crippen molar-refractivity contribution in [2.24, 2.45) is 7.05 Å². The smallest absolute Gasteiger partial charge is 0.273 e. The Balaban J connectivity index is 2.12. The molecule has 0 aliphatic rings. The summed E-state index contributed by atoms with van der Waals surface area (Å²) in [5.41, 5.74) is -0.527. The van der Waals surface area contributed by atoms with Gasteiger partial charge in [0.25, 0.3) is 5.56 Å². The van der Waals surface area contributed by atoms with E-state index >= 15 is 0 Å². The second-order valence-corrected chi connectivity index (χ2v) is 4.29. The van der Waals surface area contributed by atoms with Gasteiger partial charge in [0.15, 0.2) is 0 Å². The summed E-state index contributed by atoms with van der Waals surface area (Å²) in [5.74, 6) is -1.46. The zero-order chi connectivity index (χ0) is 14.3. The second kappa shape index (κ2) is 4.48. The fourth-order valence-corrected chi connectivity index (χ4v) is 1.91. The van der Waals surface area contributed by atoms with E-state index in [-0.39, 0.29) is 23.1 Å². The number of aryl methyl sites for hydroxylation is 1. The Kier molecular flexibility index (Phi) is 2.78. The van der Waals surface area contributed by atoms with Crippen LogP contribution < -0.4 is 5.56 Å². The quantitative estimate of drug-likeness (QED) is 0.696. The number of aromatic nitrogens is 5. The first-order chi connectivity index (χ1) is 9.56. The molecule has 0 saturated carbocycles. The van der Waals surface area contributed by atoms with Gasteiger partial charge in [-0.2, -0.15) is 5.10 Å². The number of rotatable bonds is 2. The molecule has 2 heterocycles. The van der Waals surface area contributed by atoms with Crippen molar-refractivity contribution in [2.75, 3.05) is 0 Å². The van der Waals surface area contributed by atoms with E-state index in [1.807, 2.05) is 0 Å². The molecule has 102 valence electrons. The minimum Gasteiger partial charge on any atom is -0.273 e. The molecule has 3 rings (SSSR count). The van der Waals surface area contributed by atoms with Gasteiger partial charge in [-0.3, -0.25) is 9.48 Å². The Morgan fingerprint density at radius 3 is 2.65 bits per heavy atom. The third-order valence-electron chi connectivity index (χ3n) is 2.89. The maximum absolute atomic E-state index is 13.6. The van der Waals surface area contributed by atoms with Crippen LogP contribution >= 0.6 is 0 Å². The summed E-state index contributed by atoms with van der Waals surface area (Å²) in [7, 11) is 1.64. The molecule has 0 spiro atoms. The number of halogens is 2. The minimum absolute atomic E-state index is 0.197. The first-order valence-corrected chi connectivity index (χ1v) is 5.76. The molecule has 0 bridgehead atoms. The minimum atomic E-state index is -0.731. The van der Waals surface area contributed by atoms with Crippen molar-refractivity contribution in [3.63, 3.8) is 0 Å². The van der Waals surface area contributed by atoms with Crippen LogP contribution in [0.5, 0.6) is 0 Å². The number of nitrogens with zero attached hydrogens (tertiary/aromatic N) is 5. The van der Waals surface area contributed by atoms with E-state index in [0.717, 1.165) is 16.8 Å². The lowest BCUT2D eigenvalue weighted by Gasteiger charge is -2.05. The summed E-state index contributed by atoms with van der Waals surface area (Å²) in [6.45, 7) is -0.324. The van der Waals surface area contributed by atoms with E-state index in [1.54, 1.807) is 7.05 Å². The van der Waals surface area contributed by atoms with Crippen LogP contribution in [-0.4, -0.2) is 24.8 Å². The van der Waals surface area contributed by atoms with E-state index in [9.17, 15) is 13.6 Å². The van der Waals surface area contributed by atoms with Gasteiger partial charge in [-0.05, 0) is 12.1 Å². The monoisotopic (exact) mass is 277 g/mol. The molecule has 2 aromatic heterocycles. The molecule has 0 unspecified atom stereocenters. The lowest BCUT2D eigenvalue weighted by molar-refractivity contribution is 0.515. The highest BCUT2D eigenvalue weighted by molar-refractivity contribution is 5.71. The van der Waals surface area contributed by atoms with Crippen LogP contribution in [0, 0.1) is 11.6 Å². The Morgan fingerprint density at radius 2 is 1.95 bits per heavy atom. The molecule has 6 nitrogen and oxygen atoms in total. The molecule has 0 amide bonds. The molecule has 20 heavy (non-hydrogen) atoms. The normalized spacial score (nSPS) is 11.2. The molecule has 8 heteroatoms. The highest BCUT2D eigenvalue weighted by Gasteiger charge is 2.13. The average Bonchev–Trinajstić information content (AvgIpc) is 2.78. The Hall–Kier alpha value is -2.64. The summed E-state index contributed by atoms with van der Waals surface area (Å²) in [6.07, 6.45) is 1.49. The van der Waals surface area contributed by atoms with Crippen LogP contribution in [0.2, 0.25) is 0 Å². The number of benzene rings is 1. The van der Waals surface area contributed by atoms with E-state index < -0.39 is 17.2 Å². The predicted molar refractivity (Wildman–Crippen MR) is 66.0 cm³/mol. The van der Waals surface area contributed by atoms with Gasteiger partial charge < -0.3 is 0 Å². The zero-order valence-corrected chi connectivity index (χ0v) is 10.4. The largest absolute Gasteiger partial charge is 0.281 e. The standard InChI is InChI=1S/C12H9F2N5O/c1-18-5-8-11(16-18)15-17-19(12(8)20)6-7-9(13)3-2-4-10(7)14/h2-5H,6H2,1H3. The van der Waals surface area contributed by atoms with Gasteiger partial charge in [0.1, 0.15) is 17.0 Å². The molecule has 0 aliphatic heterocycles. The Morgan fingerprint density at radius 1 is 1.25 bits per heavy atom. The van der Waals surface area contributed by atoms with Gasteiger partial charge >= 0.3 is 0 Å². The lowest BCUT2D eigenvalue weighted by Crippen LogP contribution is -2.25. The third-order valence-corrected chi connectivity index (χ3v) is 2.89. The first-order valence-electron chi connectivity index (χ1n) is 5.76. The molecule has 1 aromatic carbocycles. The molecular formula is C12H9F2N5O. The topological polar surface area (TPSA) is 65.6 Å². The van der Waals surface area contributed by atoms with Crippen LogP contribution in [0.15, 0.2) is 29.2 Å². The molecule has 0 fully saturated rings. The fraction of sp³-hybridized carbons (Fsp3) is 0.167. The van der Waals surface area contributed by atoms with Gasteiger partial charge in [0.2, 0.25) is 5.65 Å². The van der Waals surface area contributed by atoms with Crippen LogP contribution in [0.4, 0.5) is 8.78 Å². The number of hydrogen-bond donors (Lipinski definition) is 0. The van der Waals surface area contributed by atoms with Gasteiger partial charge in [-0.25, -0.2) is 13.5 Å². The predicted octanol–water partition coefficient (Wildman–Crippen LogP) is 0.851. The summed E-state index contributed by atoms with van der Waals surface area (Å²) in [5, 5.41) is 11.6. The fourth-order valence-electron chi connectivity index (χ4n) is 1.91. The summed E-state index contributed by atoms with van der Waals surface area (Å²) < 4.78 is 29.5. The van der Waals surface area contributed by atoms with Crippen molar-refractivity contribution < 1.29 is 8.78 Å². The van der Waals surface area contributed by atoms with E-state index in [4.69, 9.17) is 0 Å². The molecule has 0 saturated heterocycles. The van der Waals surface area contributed by atoms with Gasteiger partial charge in [0, 0.05) is 18.8 Å². The lowest BCUT2D eigenvalue weighted by atomic mass is 10.2. The van der Waals surface area contributed by atoms with Crippen LogP contribution in [-0.2, 0) is 13.6 Å². The van der Waals surface area contributed by atoms with Gasteiger partial charge in [-0.1, -0.05) is 11.3 Å². The van der Waals surface area contributed by atoms with Crippen molar-refractivity contribution in [1.82, 2.24) is 24.8 Å². The van der Waals surface area contributed by atoms with Crippen LogP contribution in [0.3, 0.4) is 0 Å². The second-order valence-electron chi connectivity index (χ2n) is 4.29. The number of hydrogen-bond acceptors (Lipinski definition) is 4. The van der Waals surface area contributed by atoms with E-state index in [1.165, 1.54) is 16.9 Å².